The van der Waals surface area contributed by atoms with E-state index >= 15 is 0 Å². The van der Waals surface area contributed by atoms with E-state index < -0.39 is 5.97 Å². The highest BCUT2D eigenvalue weighted by Gasteiger charge is 2.28. The third-order valence-electron chi connectivity index (χ3n) is 3.96. The first-order valence-electron chi connectivity index (χ1n) is 7.21. The van der Waals surface area contributed by atoms with Gasteiger partial charge < -0.3 is 14.6 Å². The number of methoxy groups -OCH3 is 2. The van der Waals surface area contributed by atoms with Gasteiger partial charge in [-0.25, -0.2) is 0 Å². The van der Waals surface area contributed by atoms with E-state index in [1.54, 1.807) is 26.0 Å². The number of hydrogen-bond acceptors (Lipinski definition) is 4. The molecule has 1 aromatic rings. The lowest BCUT2D eigenvalue weighted by molar-refractivity contribution is -0.133. The Morgan fingerprint density at radius 2 is 1.95 bits per heavy atom. The Morgan fingerprint density at radius 3 is 2.62 bits per heavy atom. The second kappa shape index (κ2) is 7.59. The van der Waals surface area contributed by atoms with Crippen molar-refractivity contribution >= 4 is 17.7 Å². The number of ether oxygens (including phenoxy) is 2. The summed E-state index contributed by atoms with van der Waals surface area (Å²) in [7, 11) is 3.27. The van der Waals surface area contributed by atoms with Crippen LogP contribution in [-0.2, 0) is 4.79 Å². The van der Waals surface area contributed by atoms with E-state index in [0.29, 0.717) is 11.2 Å². The Labute approximate surface area is 129 Å². The molecule has 0 aliphatic heterocycles. The van der Waals surface area contributed by atoms with Crippen LogP contribution in [0.2, 0.25) is 0 Å². The van der Waals surface area contributed by atoms with Gasteiger partial charge in [0.25, 0.3) is 0 Å². The molecule has 1 aliphatic rings. The standard InChI is InChI=1S/C16H22O4S/c1-19-13-8-7-11(9-14(13)20-2)12-5-3-4-6-15(12)21-10-16(17)18/h7-9,12,15H,3-6,10H2,1-2H3,(H,17,18)/t12-,15+/m0/s1. The van der Waals surface area contributed by atoms with E-state index in [0.717, 1.165) is 24.3 Å². The van der Waals surface area contributed by atoms with E-state index in [4.69, 9.17) is 14.6 Å². The van der Waals surface area contributed by atoms with E-state index in [-0.39, 0.29) is 5.75 Å². The van der Waals surface area contributed by atoms with Crippen LogP contribution in [-0.4, -0.2) is 36.3 Å². The van der Waals surface area contributed by atoms with Gasteiger partial charge in [-0.1, -0.05) is 18.9 Å². The molecule has 21 heavy (non-hydrogen) atoms. The van der Waals surface area contributed by atoms with Crippen LogP contribution in [0.25, 0.3) is 0 Å². The fraction of sp³-hybridized carbons (Fsp3) is 0.562. The monoisotopic (exact) mass is 310 g/mol. The maximum absolute atomic E-state index is 10.8. The minimum atomic E-state index is -0.739. The van der Waals surface area contributed by atoms with Crippen molar-refractivity contribution in [2.75, 3.05) is 20.0 Å². The molecule has 0 radical (unpaired) electrons. The van der Waals surface area contributed by atoms with Gasteiger partial charge in [0, 0.05) is 5.25 Å². The number of carboxylic acids is 1. The Kier molecular flexibility index (Phi) is 5.79. The second-order valence-electron chi connectivity index (χ2n) is 5.25. The lowest BCUT2D eigenvalue weighted by Gasteiger charge is -2.31. The van der Waals surface area contributed by atoms with Gasteiger partial charge in [0.1, 0.15) is 0 Å². The molecule has 1 aliphatic carbocycles. The highest BCUT2D eigenvalue weighted by molar-refractivity contribution is 8.00. The summed E-state index contributed by atoms with van der Waals surface area (Å²) in [5, 5.41) is 9.26. The molecule has 0 amide bonds. The maximum atomic E-state index is 10.8. The van der Waals surface area contributed by atoms with Crippen molar-refractivity contribution in [1.82, 2.24) is 0 Å². The third-order valence-corrected chi connectivity index (χ3v) is 5.37. The first-order valence-corrected chi connectivity index (χ1v) is 8.26. The van der Waals surface area contributed by atoms with Gasteiger partial charge in [-0.2, -0.15) is 0 Å². The van der Waals surface area contributed by atoms with Crippen molar-refractivity contribution in [3.05, 3.63) is 23.8 Å². The Bertz CT molecular complexity index is 489. The quantitative estimate of drug-likeness (QED) is 0.871. The molecule has 1 saturated carbocycles. The fourth-order valence-corrected chi connectivity index (χ4v) is 4.15. The number of benzene rings is 1. The molecule has 5 heteroatoms. The van der Waals surface area contributed by atoms with Gasteiger partial charge in [-0.15, -0.1) is 11.8 Å². The topological polar surface area (TPSA) is 55.8 Å². The summed E-state index contributed by atoms with van der Waals surface area (Å²) in [6, 6.07) is 6.04. The smallest absolute Gasteiger partial charge is 0.313 e. The molecular formula is C16H22O4S. The molecule has 0 aromatic heterocycles. The molecule has 0 saturated heterocycles. The average molecular weight is 310 g/mol. The first kappa shape index (κ1) is 16.0. The number of rotatable bonds is 6. The number of aliphatic carboxylic acids is 1. The zero-order chi connectivity index (χ0) is 15.2. The second-order valence-corrected chi connectivity index (χ2v) is 6.48. The van der Waals surface area contributed by atoms with Crippen molar-refractivity contribution in [2.45, 2.75) is 36.9 Å². The van der Waals surface area contributed by atoms with Gasteiger partial charge in [0.15, 0.2) is 11.5 Å². The minimum absolute atomic E-state index is 0.175. The highest BCUT2D eigenvalue weighted by Crippen LogP contribution is 2.42. The molecular weight excluding hydrogens is 288 g/mol. The van der Waals surface area contributed by atoms with E-state index in [1.165, 1.54) is 18.4 Å². The van der Waals surface area contributed by atoms with Crippen LogP contribution in [0.5, 0.6) is 11.5 Å². The molecule has 0 unspecified atom stereocenters. The molecule has 116 valence electrons. The van der Waals surface area contributed by atoms with Crippen molar-refractivity contribution < 1.29 is 19.4 Å². The Balaban J connectivity index is 2.18. The van der Waals surface area contributed by atoms with Gasteiger partial charge in [-0.05, 0) is 36.5 Å². The van der Waals surface area contributed by atoms with Crippen LogP contribution >= 0.6 is 11.8 Å². The van der Waals surface area contributed by atoms with E-state index in [9.17, 15) is 4.79 Å². The van der Waals surface area contributed by atoms with Crippen LogP contribution in [0.1, 0.15) is 37.2 Å². The van der Waals surface area contributed by atoms with Gasteiger partial charge in [0.2, 0.25) is 0 Å². The highest BCUT2D eigenvalue weighted by atomic mass is 32.2. The molecule has 1 aromatic carbocycles. The van der Waals surface area contributed by atoms with Gasteiger partial charge in [0.05, 0.1) is 20.0 Å². The number of thioether (sulfide) groups is 1. The lowest BCUT2D eigenvalue weighted by atomic mass is 9.83. The first-order chi connectivity index (χ1) is 10.2. The van der Waals surface area contributed by atoms with Crippen molar-refractivity contribution in [2.24, 2.45) is 0 Å². The summed E-state index contributed by atoms with van der Waals surface area (Å²) in [5.41, 5.74) is 1.22. The number of carboxylic acid groups (broad SMARTS) is 1. The number of hydrogen-bond donors (Lipinski definition) is 1. The average Bonchev–Trinajstić information content (AvgIpc) is 2.52. The third kappa shape index (κ3) is 4.06. The van der Waals surface area contributed by atoms with Crippen LogP contribution in [0.3, 0.4) is 0 Å². The zero-order valence-electron chi connectivity index (χ0n) is 12.5. The summed E-state index contributed by atoms with van der Waals surface area (Å²) in [6.07, 6.45) is 4.56. The number of carbonyl (C=O) groups is 1. The van der Waals surface area contributed by atoms with Crippen LogP contribution < -0.4 is 9.47 Å². The SMILES string of the molecule is COc1ccc([C@@H]2CCCC[C@H]2SCC(=O)O)cc1OC. The summed E-state index contributed by atoms with van der Waals surface area (Å²) >= 11 is 1.56. The summed E-state index contributed by atoms with van der Waals surface area (Å²) in [6.45, 7) is 0. The van der Waals surface area contributed by atoms with Crippen LogP contribution in [0.4, 0.5) is 0 Å². The normalized spacial score (nSPS) is 21.8. The minimum Gasteiger partial charge on any atom is -0.493 e. The summed E-state index contributed by atoms with van der Waals surface area (Å²) < 4.78 is 10.7. The summed E-state index contributed by atoms with van der Waals surface area (Å²) in [5.74, 6) is 1.29. The Hall–Kier alpha value is -1.36. The van der Waals surface area contributed by atoms with Crippen LogP contribution in [0.15, 0.2) is 18.2 Å². The largest absolute Gasteiger partial charge is 0.493 e. The van der Waals surface area contributed by atoms with Gasteiger partial charge >= 0.3 is 5.97 Å². The molecule has 4 nitrogen and oxygen atoms in total. The van der Waals surface area contributed by atoms with Crippen LogP contribution in [0, 0.1) is 0 Å². The molecule has 2 rings (SSSR count). The molecule has 0 bridgehead atoms. The molecule has 0 heterocycles. The maximum Gasteiger partial charge on any atom is 0.313 e. The molecule has 2 atom stereocenters. The molecule has 1 N–H and O–H groups in total. The lowest BCUT2D eigenvalue weighted by Crippen LogP contribution is -2.21. The predicted molar refractivity (Wildman–Crippen MR) is 84.6 cm³/mol. The van der Waals surface area contributed by atoms with Crippen molar-refractivity contribution in [3.63, 3.8) is 0 Å². The van der Waals surface area contributed by atoms with Crippen molar-refractivity contribution in [3.8, 4) is 11.5 Å². The van der Waals surface area contributed by atoms with E-state index in [1.807, 2.05) is 12.1 Å². The molecule has 0 spiro atoms. The zero-order valence-corrected chi connectivity index (χ0v) is 13.3. The van der Waals surface area contributed by atoms with E-state index in [2.05, 4.69) is 6.07 Å². The van der Waals surface area contributed by atoms with Gasteiger partial charge in [-0.3, -0.25) is 4.79 Å². The molecule has 1 fully saturated rings. The van der Waals surface area contributed by atoms with Crippen molar-refractivity contribution in [1.29, 1.82) is 0 Å². The Morgan fingerprint density at radius 1 is 1.24 bits per heavy atom. The predicted octanol–water partition coefficient (Wildman–Crippen LogP) is 3.55. The fourth-order valence-electron chi connectivity index (χ4n) is 2.94. The summed E-state index contributed by atoms with van der Waals surface area (Å²) in [4.78, 5) is 10.8.